The Labute approximate surface area is 143 Å². The van der Waals surface area contributed by atoms with Gasteiger partial charge in [0.25, 0.3) is 0 Å². The molecule has 1 aliphatic rings. The number of rotatable bonds is 6. The lowest BCUT2D eigenvalue weighted by Crippen LogP contribution is -2.39. The van der Waals surface area contributed by atoms with Crippen molar-refractivity contribution in [1.82, 2.24) is 30.1 Å². The zero-order chi connectivity index (χ0) is 16.9. The average Bonchev–Trinajstić information content (AvgIpc) is 3.18. The molecule has 0 aromatic carbocycles. The van der Waals surface area contributed by atoms with Crippen LogP contribution in [0, 0.1) is 0 Å². The first-order chi connectivity index (χ1) is 11.6. The van der Waals surface area contributed by atoms with Crippen LogP contribution in [-0.2, 0) is 11.2 Å². The zero-order valence-corrected chi connectivity index (χ0v) is 14.1. The van der Waals surface area contributed by atoms with Crippen molar-refractivity contribution in [2.45, 2.75) is 6.42 Å². The summed E-state index contributed by atoms with van der Waals surface area (Å²) in [6, 6.07) is -0.0988. The van der Waals surface area contributed by atoms with Crippen LogP contribution in [0.25, 0.3) is 10.7 Å². The summed E-state index contributed by atoms with van der Waals surface area (Å²) >= 11 is 1.50. The molecule has 8 nitrogen and oxygen atoms in total. The summed E-state index contributed by atoms with van der Waals surface area (Å²) < 4.78 is 0. The zero-order valence-electron chi connectivity index (χ0n) is 13.3. The highest BCUT2D eigenvalue weighted by Crippen LogP contribution is 2.20. The molecule has 0 spiro atoms. The van der Waals surface area contributed by atoms with Crippen molar-refractivity contribution in [1.29, 1.82) is 0 Å². The van der Waals surface area contributed by atoms with E-state index in [0.717, 1.165) is 16.4 Å². The van der Waals surface area contributed by atoms with Gasteiger partial charge in [-0.25, -0.2) is 9.78 Å². The van der Waals surface area contributed by atoms with E-state index < -0.39 is 0 Å². The molecule has 2 aromatic rings. The maximum absolute atomic E-state index is 11.9. The fourth-order valence-corrected chi connectivity index (χ4v) is 3.17. The number of aromatic nitrogens is 3. The van der Waals surface area contributed by atoms with Gasteiger partial charge in [-0.15, -0.1) is 11.3 Å². The SMILES string of the molecule is CN1CCN(CC(=O)NCCc2csc(-c3cnccn3)n2)C1=O. The van der Waals surface area contributed by atoms with Gasteiger partial charge in [0.2, 0.25) is 5.91 Å². The predicted octanol–water partition coefficient (Wildman–Crippen LogP) is 0.626. The van der Waals surface area contributed by atoms with Gasteiger partial charge in [0.15, 0.2) is 0 Å². The fourth-order valence-electron chi connectivity index (χ4n) is 2.36. The molecule has 0 bridgehead atoms. The highest BCUT2D eigenvalue weighted by Gasteiger charge is 2.26. The molecule has 2 aromatic heterocycles. The molecule has 3 rings (SSSR count). The van der Waals surface area contributed by atoms with Crippen molar-refractivity contribution in [3.05, 3.63) is 29.7 Å². The number of nitrogens with one attached hydrogen (secondary N) is 1. The number of nitrogens with zero attached hydrogens (tertiary/aromatic N) is 5. The highest BCUT2D eigenvalue weighted by atomic mass is 32.1. The first-order valence-corrected chi connectivity index (χ1v) is 8.49. The van der Waals surface area contributed by atoms with E-state index in [0.29, 0.717) is 26.1 Å². The van der Waals surface area contributed by atoms with E-state index in [1.807, 2.05) is 5.38 Å². The van der Waals surface area contributed by atoms with E-state index >= 15 is 0 Å². The van der Waals surface area contributed by atoms with Crippen LogP contribution in [0.1, 0.15) is 5.69 Å². The molecule has 1 aliphatic heterocycles. The van der Waals surface area contributed by atoms with Gasteiger partial charge in [-0.2, -0.15) is 0 Å². The molecule has 0 saturated carbocycles. The summed E-state index contributed by atoms with van der Waals surface area (Å²) in [7, 11) is 1.73. The van der Waals surface area contributed by atoms with Crippen LogP contribution in [-0.4, -0.2) is 69.9 Å². The molecule has 9 heteroatoms. The topological polar surface area (TPSA) is 91.3 Å². The lowest BCUT2D eigenvalue weighted by atomic mass is 10.3. The van der Waals surface area contributed by atoms with Crippen LogP contribution < -0.4 is 5.32 Å². The lowest BCUT2D eigenvalue weighted by molar-refractivity contribution is -0.121. The van der Waals surface area contributed by atoms with E-state index in [9.17, 15) is 9.59 Å². The van der Waals surface area contributed by atoms with Crippen molar-refractivity contribution >= 4 is 23.3 Å². The number of carbonyl (C=O) groups is 2. The Balaban J connectivity index is 1.44. The van der Waals surface area contributed by atoms with Gasteiger partial charge in [0.1, 0.15) is 17.2 Å². The lowest BCUT2D eigenvalue weighted by Gasteiger charge is -2.15. The minimum Gasteiger partial charge on any atom is -0.354 e. The number of carbonyl (C=O) groups excluding carboxylic acids is 2. The molecule has 0 aliphatic carbocycles. The van der Waals surface area contributed by atoms with Crippen LogP contribution in [0.5, 0.6) is 0 Å². The third-order valence-electron chi connectivity index (χ3n) is 3.67. The number of hydrogen-bond donors (Lipinski definition) is 1. The van der Waals surface area contributed by atoms with Crippen LogP contribution in [0.3, 0.4) is 0 Å². The smallest absolute Gasteiger partial charge is 0.320 e. The van der Waals surface area contributed by atoms with Crippen molar-refractivity contribution < 1.29 is 9.59 Å². The molecule has 1 saturated heterocycles. The predicted molar refractivity (Wildman–Crippen MR) is 89.5 cm³/mol. The Morgan fingerprint density at radius 1 is 1.38 bits per heavy atom. The third-order valence-corrected chi connectivity index (χ3v) is 4.59. The van der Waals surface area contributed by atoms with E-state index in [2.05, 4.69) is 20.3 Å². The minimum atomic E-state index is -0.150. The summed E-state index contributed by atoms with van der Waals surface area (Å²) in [5.74, 6) is -0.150. The van der Waals surface area contributed by atoms with Crippen LogP contribution >= 0.6 is 11.3 Å². The average molecular weight is 346 g/mol. The molecular weight excluding hydrogens is 328 g/mol. The molecule has 1 N–H and O–H groups in total. The van der Waals surface area contributed by atoms with Gasteiger partial charge >= 0.3 is 6.03 Å². The molecule has 0 radical (unpaired) electrons. The number of thiazole rings is 1. The van der Waals surface area contributed by atoms with Gasteiger partial charge in [-0.05, 0) is 0 Å². The van der Waals surface area contributed by atoms with Crippen LogP contribution in [0.2, 0.25) is 0 Å². The summed E-state index contributed by atoms with van der Waals surface area (Å²) in [5.41, 5.74) is 1.65. The summed E-state index contributed by atoms with van der Waals surface area (Å²) in [6.07, 6.45) is 5.56. The minimum absolute atomic E-state index is 0.0988. The maximum atomic E-state index is 11.9. The molecule has 126 valence electrons. The van der Waals surface area contributed by atoms with Crippen LogP contribution in [0.15, 0.2) is 24.0 Å². The van der Waals surface area contributed by atoms with Crippen molar-refractivity contribution in [2.24, 2.45) is 0 Å². The Morgan fingerprint density at radius 3 is 2.96 bits per heavy atom. The Bertz CT molecular complexity index is 720. The van der Waals surface area contributed by atoms with E-state index in [-0.39, 0.29) is 18.5 Å². The first-order valence-electron chi connectivity index (χ1n) is 7.61. The Hall–Kier alpha value is -2.55. The third kappa shape index (κ3) is 3.85. The molecular formula is C15H18N6O2S. The monoisotopic (exact) mass is 346 g/mol. The molecule has 0 atom stereocenters. The fraction of sp³-hybridized carbons (Fsp3) is 0.400. The van der Waals surface area contributed by atoms with E-state index in [4.69, 9.17) is 0 Å². The first kappa shape index (κ1) is 16.3. The van der Waals surface area contributed by atoms with Crippen molar-refractivity contribution in [3.8, 4) is 10.7 Å². The van der Waals surface area contributed by atoms with Crippen molar-refractivity contribution in [3.63, 3.8) is 0 Å². The second-order valence-corrected chi connectivity index (χ2v) is 6.32. The maximum Gasteiger partial charge on any atom is 0.320 e. The second-order valence-electron chi connectivity index (χ2n) is 5.46. The van der Waals surface area contributed by atoms with Gasteiger partial charge < -0.3 is 15.1 Å². The van der Waals surface area contributed by atoms with Gasteiger partial charge in [0, 0.05) is 50.9 Å². The largest absolute Gasteiger partial charge is 0.354 e. The molecule has 0 unspecified atom stereocenters. The van der Waals surface area contributed by atoms with E-state index in [1.54, 1.807) is 35.4 Å². The standard InChI is InChI=1S/C15H18N6O2S/c1-20-6-7-21(15(20)23)9-13(22)18-3-2-11-10-24-14(19-11)12-8-16-4-5-17-12/h4-5,8,10H,2-3,6-7,9H2,1H3,(H,18,22). The quantitative estimate of drug-likeness (QED) is 0.828. The number of amides is 3. The Morgan fingerprint density at radius 2 is 2.25 bits per heavy atom. The molecule has 3 heterocycles. The summed E-state index contributed by atoms with van der Waals surface area (Å²) in [6.45, 7) is 1.85. The summed E-state index contributed by atoms with van der Waals surface area (Å²) in [5, 5.41) is 5.60. The summed E-state index contributed by atoms with van der Waals surface area (Å²) in [4.78, 5) is 39.5. The molecule has 1 fully saturated rings. The number of urea groups is 1. The van der Waals surface area contributed by atoms with Gasteiger partial charge in [-0.3, -0.25) is 14.8 Å². The van der Waals surface area contributed by atoms with Crippen LogP contribution in [0.4, 0.5) is 4.79 Å². The second kappa shape index (κ2) is 7.35. The van der Waals surface area contributed by atoms with Gasteiger partial charge in [0.05, 0.1) is 11.9 Å². The number of hydrogen-bond acceptors (Lipinski definition) is 6. The van der Waals surface area contributed by atoms with E-state index in [1.165, 1.54) is 11.3 Å². The molecule has 24 heavy (non-hydrogen) atoms. The number of likely N-dealkylation sites (N-methyl/N-ethyl adjacent to an activating group) is 1. The molecule has 3 amide bonds. The van der Waals surface area contributed by atoms with Crippen molar-refractivity contribution in [2.75, 3.05) is 33.2 Å². The highest BCUT2D eigenvalue weighted by molar-refractivity contribution is 7.13. The van der Waals surface area contributed by atoms with Gasteiger partial charge in [-0.1, -0.05) is 0 Å². The normalized spacial score (nSPS) is 14.3. The Kier molecular flexibility index (Phi) is 4.99.